The summed E-state index contributed by atoms with van der Waals surface area (Å²) in [5.74, 6) is 1.34. The van der Waals surface area contributed by atoms with E-state index in [1.54, 1.807) is 18.7 Å². The summed E-state index contributed by atoms with van der Waals surface area (Å²) in [6.45, 7) is 6.24. The molecule has 0 aliphatic carbocycles. The molecule has 9 heteroatoms. The van der Waals surface area contributed by atoms with Crippen LogP contribution in [-0.2, 0) is 6.42 Å². The summed E-state index contributed by atoms with van der Waals surface area (Å²) in [7, 11) is 1.62. The van der Waals surface area contributed by atoms with E-state index in [0.717, 1.165) is 30.0 Å². The van der Waals surface area contributed by atoms with Crippen molar-refractivity contribution in [3.63, 3.8) is 0 Å². The lowest BCUT2D eigenvalue weighted by Crippen LogP contribution is -2.41. The van der Waals surface area contributed by atoms with Crippen LogP contribution in [0.15, 0.2) is 28.7 Å². The van der Waals surface area contributed by atoms with E-state index in [1.807, 2.05) is 26.0 Å². The van der Waals surface area contributed by atoms with E-state index in [2.05, 4.69) is 25.9 Å². The number of benzene rings is 1. The molecule has 0 radical (unpaired) electrons. The van der Waals surface area contributed by atoms with Gasteiger partial charge < -0.3 is 20.7 Å². The molecule has 0 saturated heterocycles. The highest BCUT2D eigenvalue weighted by atomic mass is 35.5. The van der Waals surface area contributed by atoms with Gasteiger partial charge in [0.15, 0.2) is 5.96 Å². The fourth-order valence-corrected chi connectivity index (χ4v) is 3.43. The van der Waals surface area contributed by atoms with Crippen LogP contribution >= 0.6 is 22.9 Å². The number of methoxy groups -OCH3 is 1. The summed E-state index contributed by atoms with van der Waals surface area (Å²) in [4.78, 5) is 21.4. The number of nitrogens with one attached hydrogen (secondary N) is 3. The Balaban J connectivity index is 1.78. The Morgan fingerprint density at radius 3 is 2.71 bits per heavy atom. The lowest BCUT2D eigenvalue weighted by molar-refractivity contribution is 0.0957. The van der Waals surface area contributed by atoms with Crippen LogP contribution in [0.2, 0.25) is 5.02 Å². The monoisotopic (exact) mass is 423 g/mol. The number of aryl methyl sites for hydroxylation is 1. The highest BCUT2D eigenvalue weighted by Crippen LogP contribution is 2.22. The largest absolute Gasteiger partial charge is 0.497 e. The number of halogens is 1. The minimum atomic E-state index is -0.0992. The molecule has 2 rings (SSSR count). The van der Waals surface area contributed by atoms with E-state index in [1.165, 1.54) is 11.3 Å². The first-order valence-corrected chi connectivity index (χ1v) is 10.3. The fraction of sp³-hybridized carbons (Fsp3) is 0.421. The molecule has 1 heterocycles. The van der Waals surface area contributed by atoms with Crippen LogP contribution in [0.1, 0.15) is 27.9 Å². The maximum absolute atomic E-state index is 12.1. The molecule has 7 nitrogen and oxygen atoms in total. The number of ether oxygens (including phenoxy) is 1. The van der Waals surface area contributed by atoms with Gasteiger partial charge in [0.2, 0.25) is 0 Å². The Hall–Kier alpha value is -2.32. The Morgan fingerprint density at radius 2 is 2.07 bits per heavy atom. The number of aromatic nitrogens is 1. The Morgan fingerprint density at radius 1 is 1.29 bits per heavy atom. The number of hydrogen-bond acceptors (Lipinski definition) is 5. The van der Waals surface area contributed by atoms with Crippen molar-refractivity contribution >= 4 is 34.8 Å². The van der Waals surface area contributed by atoms with Gasteiger partial charge in [0, 0.05) is 31.2 Å². The van der Waals surface area contributed by atoms with Crippen molar-refractivity contribution in [2.24, 2.45) is 4.99 Å². The number of hydrogen-bond donors (Lipinski definition) is 3. The number of thiazole rings is 1. The van der Waals surface area contributed by atoms with Crippen molar-refractivity contribution in [2.45, 2.75) is 20.3 Å². The van der Waals surface area contributed by atoms with Crippen LogP contribution in [0.25, 0.3) is 0 Å². The second-order valence-corrected chi connectivity index (χ2v) is 7.18. The highest BCUT2D eigenvalue weighted by molar-refractivity contribution is 7.11. The van der Waals surface area contributed by atoms with Crippen LogP contribution in [0, 0.1) is 6.92 Å². The van der Waals surface area contributed by atoms with Crippen LogP contribution < -0.4 is 20.7 Å². The predicted molar refractivity (Wildman–Crippen MR) is 115 cm³/mol. The van der Waals surface area contributed by atoms with E-state index in [0.29, 0.717) is 35.5 Å². The number of carbonyl (C=O) groups is 1. The topological polar surface area (TPSA) is 87.6 Å². The van der Waals surface area contributed by atoms with Gasteiger partial charge in [-0.25, -0.2) is 4.98 Å². The number of carbonyl (C=O) groups excluding carboxylic acids is 1. The van der Waals surface area contributed by atoms with E-state index in [9.17, 15) is 4.79 Å². The van der Waals surface area contributed by atoms with E-state index < -0.39 is 0 Å². The Labute approximate surface area is 174 Å². The Bertz CT molecular complexity index is 809. The van der Waals surface area contributed by atoms with E-state index in [4.69, 9.17) is 16.3 Å². The molecule has 0 unspecified atom stereocenters. The summed E-state index contributed by atoms with van der Waals surface area (Å²) >= 11 is 7.61. The molecule has 0 aliphatic heterocycles. The molecule has 0 saturated carbocycles. The minimum Gasteiger partial charge on any atom is -0.497 e. The average molecular weight is 424 g/mol. The zero-order valence-electron chi connectivity index (χ0n) is 16.3. The molecule has 28 heavy (non-hydrogen) atoms. The number of guanidine groups is 1. The summed E-state index contributed by atoms with van der Waals surface area (Å²) in [6.07, 6.45) is 0.723. The van der Waals surface area contributed by atoms with Gasteiger partial charge in [-0.05, 0) is 38.0 Å². The van der Waals surface area contributed by atoms with Gasteiger partial charge in [-0.2, -0.15) is 0 Å². The lowest BCUT2D eigenvalue weighted by Gasteiger charge is -2.12. The quantitative estimate of drug-likeness (QED) is 0.328. The Kier molecular flexibility index (Phi) is 9.03. The van der Waals surface area contributed by atoms with Crippen molar-refractivity contribution < 1.29 is 9.53 Å². The maximum Gasteiger partial charge on any atom is 0.263 e. The third-order valence-electron chi connectivity index (χ3n) is 3.91. The van der Waals surface area contributed by atoms with Crippen LogP contribution in [0.4, 0.5) is 0 Å². The third-order valence-corrected chi connectivity index (χ3v) is 5.19. The maximum atomic E-state index is 12.1. The molecule has 1 amide bonds. The SMILES string of the molecule is CCNC(=NCCc1ccc(OC)cc1Cl)NCCNC(=O)c1scnc1C. The first-order chi connectivity index (χ1) is 13.5. The van der Waals surface area contributed by atoms with Crippen molar-refractivity contribution in [1.29, 1.82) is 0 Å². The van der Waals surface area contributed by atoms with Crippen LogP contribution in [0.5, 0.6) is 5.75 Å². The number of rotatable bonds is 9. The molecule has 3 N–H and O–H groups in total. The van der Waals surface area contributed by atoms with Crippen LogP contribution in [0.3, 0.4) is 0 Å². The molecule has 2 aromatic rings. The molecular weight excluding hydrogens is 398 g/mol. The first kappa shape index (κ1) is 22.0. The van der Waals surface area contributed by atoms with Crippen LogP contribution in [-0.4, -0.2) is 50.1 Å². The van der Waals surface area contributed by atoms with Gasteiger partial charge in [0.25, 0.3) is 5.91 Å². The van der Waals surface area contributed by atoms with E-state index in [-0.39, 0.29) is 5.91 Å². The second kappa shape index (κ2) is 11.5. The number of nitrogens with zero attached hydrogens (tertiary/aromatic N) is 2. The van der Waals surface area contributed by atoms with Gasteiger partial charge in [-0.3, -0.25) is 9.79 Å². The van der Waals surface area contributed by atoms with E-state index >= 15 is 0 Å². The highest BCUT2D eigenvalue weighted by Gasteiger charge is 2.10. The summed E-state index contributed by atoms with van der Waals surface area (Å²) in [6, 6.07) is 5.65. The molecule has 152 valence electrons. The zero-order chi connectivity index (χ0) is 20.4. The van der Waals surface area contributed by atoms with Gasteiger partial charge in [-0.1, -0.05) is 17.7 Å². The normalized spacial score (nSPS) is 11.2. The first-order valence-electron chi connectivity index (χ1n) is 9.08. The number of amides is 1. The minimum absolute atomic E-state index is 0.0992. The molecule has 1 aromatic heterocycles. The molecule has 0 aliphatic rings. The third kappa shape index (κ3) is 6.69. The summed E-state index contributed by atoms with van der Waals surface area (Å²) in [5.41, 5.74) is 3.45. The standard InChI is InChI=1S/C19H26ClN5O2S/c1-4-21-19(23-8-7-14-5-6-15(27-3)11-16(14)20)24-10-9-22-18(26)17-13(2)25-12-28-17/h5-6,11-12H,4,7-10H2,1-3H3,(H,22,26)(H2,21,23,24). The smallest absolute Gasteiger partial charge is 0.263 e. The second-order valence-electron chi connectivity index (χ2n) is 5.92. The molecular formula is C19H26ClN5O2S. The predicted octanol–water partition coefficient (Wildman–Crippen LogP) is 2.64. The molecule has 1 aromatic carbocycles. The van der Waals surface area contributed by atoms with Gasteiger partial charge >= 0.3 is 0 Å². The van der Waals surface area contributed by atoms with Gasteiger partial charge in [-0.15, -0.1) is 11.3 Å². The summed E-state index contributed by atoms with van der Waals surface area (Å²) in [5, 5.41) is 9.96. The summed E-state index contributed by atoms with van der Waals surface area (Å²) < 4.78 is 5.16. The van der Waals surface area contributed by atoms with Crippen molar-refractivity contribution in [3.05, 3.63) is 44.9 Å². The fourth-order valence-electron chi connectivity index (χ4n) is 2.44. The molecule has 0 spiro atoms. The van der Waals surface area contributed by atoms with Gasteiger partial charge in [0.1, 0.15) is 10.6 Å². The van der Waals surface area contributed by atoms with Crippen molar-refractivity contribution in [1.82, 2.24) is 20.9 Å². The zero-order valence-corrected chi connectivity index (χ0v) is 17.9. The molecule has 0 bridgehead atoms. The lowest BCUT2D eigenvalue weighted by atomic mass is 10.1. The molecule has 0 atom stereocenters. The average Bonchev–Trinajstić information content (AvgIpc) is 3.12. The van der Waals surface area contributed by atoms with Crippen molar-refractivity contribution in [2.75, 3.05) is 33.3 Å². The molecule has 0 fully saturated rings. The van der Waals surface area contributed by atoms with Gasteiger partial charge in [0.05, 0.1) is 18.3 Å². The van der Waals surface area contributed by atoms with Crippen molar-refractivity contribution in [3.8, 4) is 5.75 Å². The number of aliphatic imine (C=N–C) groups is 1.